The van der Waals surface area contributed by atoms with Crippen LogP contribution in [0.3, 0.4) is 0 Å². The molecular weight excluding hydrogens is 341 g/mol. The van der Waals surface area contributed by atoms with Crippen LogP contribution >= 0.6 is 23.2 Å². The van der Waals surface area contributed by atoms with Gasteiger partial charge in [0.15, 0.2) is 0 Å². The number of aromatic nitrogens is 1. The molecule has 2 rings (SSSR count). The molecule has 2 atom stereocenters. The fourth-order valence-electron chi connectivity index (χ4n) is 2.71. The summed E-state index contributed by atoms with van der Waals surface area (Å²) in [6, 6.07) is -0.0355. The van der Waals surface area contributed by atoms with Gasteiger partial charge in [0.25, 0.3) is 5.91 Å². The van der Waals surface area contributed by atoms with Gasteiger partial charge in [0, 0.05) is 24.8 Å². The first-order valence-electron chi connectivity index (χ1n) is 7.61. The first-order chi connectivity index (χ1) is 10.8. The number of rotatable bonds is 3. The molecule has 1 aromatic rings. The number of aryl methyl sites for hydroxylation is 1. The Morgan fingerprint density at radius 3 is 2.61 bits per heavy atom. The lowest BCUT2D eigenvalue weighted by Gasteiger charge is -2.36. The summed E-state index contributed by atoms with van der Waals surface area (Å²) in [4.78, 5) is 28.7. The zero-order chi connectivity index (χ0) is 17.1. The van der Waals surface area contributed by atoms with Gasteiger partial charge in [-0.3, -0.25) is 4.79 Å². The number of hydrogen-bond acceptors (Lipinski definition) is 3. The maximum Gasteiger partial charge on any atom is 0.409 e. The van der Waals surface area contributed by atoms with E-state index < -0.39 is 0 Å². The molecule has 0 unspecified atom stereocenters. The average Bonchev–Trinajstić information content (AvgIpc) is 2.77. The van der Waals surface area contributed by atoms with Crippen molar-refractivity contribution in [3.63, 3.8) is 0 Å². The molecule has 0 aromatic carbocycles. The van der Waals surface area contributed by atoms with Gasteiger partial charge in [0.1, 0.15) is 5.69 Å². The van der Waals surface area contributed by atoms with Crippen LogP contribution in [-0.4, -0.2) is 47.6 Å². The maximum atomic E-state index is 12.4. The van der Waals surface area contributed by atoms with Gasteiger partial charge in [-0.2, -0.15) is 0 Å². The number of amides is 2. The fraction of sp³-hybridized carbons (Fsp3) is 0.600. The fourth-order valence-corrected chi connectivity index (χ4v) is 3.13. The average molecular weight is 362 g/mol. The van der Waals surface area contributed by atoms with Crippen molar-refractivity contribution in [2.75, 3.05) is 19.7 Å². The van der Waals surface area contributed by atoms with Gasteiger partial charge in [-0.05, 0) is 26.2 Å². The molecule has 0 radical (unpaired) electrons. The number of ether oxygens (including phenoxy) is 1. The van der Waals surface area contributed by atoms with Crippen molar-refractivity contribution in [2.45, 2.75) is 33.2 Å². The van der Waals surface area contributed by atoms with E-state index in [4.69, 9.17) is 27.9 Å². The van der Waals surface area contributed by atoms with Crippen molar-refractivity contribution in [3.05, 3.63) is 21.4 Å². The molecule has 1 saturated heterocycles. The molecule has 8 heteroatoms. The minimum Gasteiger partial charge on any atom is -0.450 e. The Labute approximate surface area is 145 Å². The number of aromatic amines is 1. The van der Waals surface area contributed by atoms with Crippen molar-refractivity contribution < 1.29 is 14.3 Å². The molecule has 128 valence electrons. The molecule has 1 aromatic heterocycles. The maximum absolute atomic E-state index is 12.4. The van der Waals surface area contributed by atoms with Gasteiger partial charge < -0.3 is 19.9 Å². The van der Waals surface area contributed by atoms with Crippen LogP contribution in [0.15, 0.2) is 0 Å². The summed E-state index contributed by atoms with van der Waals surface area (Å²) in [6.07, 6.45) is 0.357. The van der Waals surface area contributed by atoms with E-state index in [-0.39, 0.29) is 34.7 Å². The van der Waals surface area contributed by atoms with Crippen molar-refractivity contribution in [2.24, 2.45) is 5.92 Å². The van der Waals surface area contributed by atoms with E-state index in [1.54, 1.807) is 18.7 Å². The Morgan fingerprint density at radius 2 is 2.09 bits per heavy atom. The number of halogens is 2. The van der Waals surface area contributed by atoms with E-state index in [1.807, 2.05) is 6.92 Å². The molecular formula is C15H21Cl2N3O3. The minimum atomic E-state index is -0.307. The molecule has 1 aliphatic heterocycles. The number of nitrogens with zero attached hydrogens (tertiary/aromatic N) is 1. The normalized spacial score (nSPS) is 21.2. The zero-order valence-corrected chi connectivity index (χ0v) is 14.9. The first kappa shape index (κ1) is 17.9. The number of nitrogens with one attached hydrogen (secondary N) is 2. The second-order valence-electron chi connectivity index (χ2n) is 5.74. The van der Waals surface area contributed by atoms with Gasteiger partial charge in [-0.25, -0.2) is 4.79 Å². The van der Waals surface area contributed by atoms with Crippen LogP contribution in [-0.2, 0) is 4.74 Å². The third kappa shape index (κ3) is 3.93. The van der Waals surface area contributed by atoms with E-state index in [1.165, 1.54) is 0 Å². The molecule has 1 fully saturated rings. The van der Waals surface area contributed by atoms with Crippen LogP contribution in [0.4, 0.5) is 4.79 Å². The van der Waals surface area contributed by atoms with E-state index in [9.17, 15) is 9.59 Å². The first-order valence-corrected chi connectivity index (χ1v) is 8.36. The smallest absolute Gasteiger partial charge is 0.409 e. The highest BCUT2D eigenvalue weighted by atomic mass is 35.5. The standard InChI is InChI=1S/C15H21Cl2N3O3/c1-4-23-15(22)20-6-5-10(8(2)7-20)19-14(21)13-12(17)11(16)9(3)18-13/h8,10,18H,4-7H2,1-3H3,(H,19,21)/t8-,10+/m1/s1. The molecule has 2 N–H and O–H groups in total. The number of piperidine rings is 1. The molecule has 0 spiro atoms. The number of carbonyl (C=O) groups excluding carboxylic acids is 2. The summed E-state index contributed by atoms with van der Waals surface area (Å²) >= 11 is 12.1. The van der Waals surface area contributed by atoms with Crippen LogP contribution in [0.1, 0.15) is 36.5 Å². The van der Waals surface area contributed by atoms with Crippen LogP contribution in [0.2, 0.25) is 10.0 Å². The van der Waals surface area contributed by atoms with E-state index in [2.05, 4.69) is 10.3 Å². The number of H-pyrrole nitrogens is 1. The van der Waals surface area contributed by atoms with Crippen molar-refractivity contribution in [3.8, 4) is 0 Å². The predicted molar refractivity (Wildman–Crippen MR) is 89.2 cm³/mol. The molecule has 2 amide bonds. The Hall–Kier alpha value is -1.40. The van der Waals surface area contributed by atoms with Gasteiger partial charge in [0.2, 0.25) is 0 Å². The Kier molecular flexibility index (Phi) is 5.81. The van der Waals surface area contributed by atoms with E-state index >= 15 is 0 Å². The van der Waals surface area contributed by atoms with E-state index in [0.29, 0.717) is 36.8 Å². The summed E-state index contributed by atoms with van der Waals surface area (Å²) in [7, 11) is 0. The zero-order valence-electron chi connectivity index (χ0n) is 13.4. The third-order valence-corrected chi connectivity index (χ3v) is 4.98. The van der Waals surface area contributed by atoms with Crippen LogP contribution < -0.4 is 5.32 Å². The van der Waals surface area contributed by atoms with Crippen molar-refractivity contribution >= 4 is 35.2 Å². The molecule has 23 heavy (non-hydrogen) atoms. The molecule has 1 aliphatic rings. The predicted octanol–water partition coefficient (Wildman–Crippen LogP) is 3.23. The van der Waals surface area contributed by atoms with Gasteiger partial charge in [0.05, 0.1) is 16.7 Å². The highest BCUT2D eigenvalue weighted by Crippen LogP contribution is 2.29. The number of hydrogen-bond donors (Lipinski definition) is 2. The SMILES string of the molecule is CCOC(=O)N1CC[C@H](NC(=O)c2[nH]c(C)c(Cl)c2Cl)[C@H](C)C1. The lowest BCUT2D eigenvalue weighted by molar-refractivity contribution is 0.0754. The topological polar surface area (TPSA) is 74.4 Å². The number of carbonyl (C=O) groups is 2. The highest BCUT2D eigenvalue weighted by Gasteiger charge is 2.31. The summed E-state index contributed by atoms with van der Waals surface area (Å²) in [5.74, 6) is -0.172. The van der Waals surface area contributed by atoms with Gasteiger partial charge in [-0.15, -0.1) is 0 Å². The van der Waals surface area contributed by atoms with Crippen LogP contribution in [0, 0.1) is 12.8 Å². The second-order valence-corrected chi connectivity index (χ2v) is 6.50. The van der Waals surface area contributed by atoms with Gasteiger partial charge in [-0.1, -0.05) is 30.1 Å². The van der Waals surface area contributed by atoms with Crippen LogP contribution in [0.25, 0.3) is 0 Å². The summed E-state index contributed by atoms with van der Waals surface area (Å²) in [5, 5.41) is 3.56. The second kappa shape index (κ2) is 7.45. The van der Waals surface area contributed by atoms with Crippen LogP contribution in [0.5, 0.6) is 0 Å². The Bertz CT molecular complexity index is 603. The quantitative estimate of drug-likeness (QED) is 0.867. The summed E-state index contributed by atoms with van der Waals surface area (Å²) in [6.45, 7) is 6.97. The largest absolute Gasteiger partial charge is 0.450 e. The van der Waals surface area contributed by atoms with Crippen molar-refractivity contribution in [1.29, 1.82) is 0 Å². The summed E-state index contributed by atoms with van der Waals surface area (Å²) in [5.41, 5.74) is 0.932. The molecule has 0 bridgehead atoms. The van der Waals surface area contributed by atoms with Gasteiger partial charge >= 0.3 is 6.09 Å². The summed E-state index contributed by atoms with van der Waals surface area (Å²) < 4.78 is 5.01. The lowest BCUT2D eigenvalue weighted by Crippen LogP contribution is -2.51. The van der Waals surface area contributed by atoms with Crippen molar-refractivity contribution in [1.82, 2.24) is 15.2 Å². The molecule has 6 nitrogen and oxygen atoms in total. The molecule has 0 aliphatic carbocycles. The Morgan fingerprint density at radius 1 is 1.39 bits per heavy atom. The molecule has 2 heterocycles. The lowest BCUT2D eigenvalue weighted by atomic mass is 9.94. The monoisotopic (exact) mass is 361 g/mol. The Balaban J connectivity index is 1.97. The number of likely N-dealkylation sites (tertiary alicyclic amines) is 1. The third-order valence-electron chi connectivity index (χ3n) is 4.03. The highest BCUT2D eigenvalue weighted by molar-refractivity contribution is 6.44. The van der Waals surface area contributed by atoms with E-state index in [0.717, 1.165) is 0 Å². The molecule has 0 saturated carbocycles. The minimum absolute atomic E-state index is 0.0355.